The van der Waals surface area contributed by atoms with Crippen molar-refractivity contribution in [3.05, 3.63) is 17.2 Å². The van der Waals surface area contributed by atoms with Gasteiger partial charge in [-0.2, -0.15) is 13.2 Å². The molecule has 1 aromatic rings. The third kappa shape index (κ3) is 2.49. The molecular formula is C12H17F3N4. The highest BCUT2D eigenvalue weighted by atomic mass is 19.4. The van der Waals surface area contributed by atoms with Crippen LogP contribution in [-0.4, -0.2) is 27.0 Å². The van der Waals surface area contributed by atoms with E-state index < -0.39 is 12.0 Å². The van der Waals surface area contributed by atoms with E-state index in [4.69, 9.17) is 5.73 Å². The van der Waals surface area contributed by atoms with Crippen molar-refractivity contribution >= 4 is 0 Å². The Bertz CT molecular complexity index is 445. The van der Waals surface area contributed by atoms with Crippen LogP contribution >= 0.6 is 0 Å². The van der Waals surface area contributed by atoms with E-state index in [0.717, 1.165) is 25.7 Å². The minimum absolute atomic E-state index is 0.219. The lowest BCUT2D eigenvalue weighted by molar-refractivity contribution is -0.144. The van der Waals surface area contributed by atoms with E-state index in [9.17, 15) is 13.2 Å². The summed E-state index contributed by atoms with van der Waals surface area (Å²) < 4.78 is 37.6. The molecule has 0 bridgehead atoms. The number of halogens is 3. The molecule has 4 nitrogen and oxygen atoms in total. The Kier molecular flexibility index (Phi) is 3.05. The summed E-state index contributed by atoms with van der Waals surface area (Å²) in [6.07, 6.45) is -0.244. The summed E-state index contributed by atoms with van der Waals surface area (Å²) in [6, 6.07) is 0.595. The van der Waals surface area contributed by atoms with Crippen molar-refractivity contribution in [1.82, 2.24) is 14.9 Å². The highest BCUT2D eigenvalue weighted by Gasteiger charge is 2.38. The number of H-pyrrole nitrogens is 1. The number of rotatable bonds is 1. The molecule has 0 aromatic carbocycles. The van der Waals surface area contributed by atoms with Gasteiger partial charge in [-0.25, -0.2) is 4.98 Å². The monoisotopic (exact) mass is 274 g/mol. The van der Waals surface area contributed by atoms with Crippen molar-refractivity contribution in [3.8, 4) is 0 Å². The van der Waals surface area contributed by atoms with Crippen LogP contribution in [0.25, 0.3) is 0 Å². The normalized spacial score (nSPS) is 28.6. The van der Waals surface area contributed by atoms with Gasteiger partial charge >= 0.3 is 6.18 Å². The van der Waals surface area contributed by atoms with Crippen LogP contribution in [0, 0.1) is 0 Å². The van der Waals surface area contributed by atoms with Gasteiger partial charge in [0.15, 0.2) is 0 Å². The predicted octanol–water partition coefficient (Wildman–Crippen LogP) is 2.01. The standard InChI is InChI=1S/C12H17F3N4/c13-12(14,15)11-17-9-5-19(6-10(9)18-11)8-3-1-2-7(16)4-8/h7-8H,1-6,16H2,(H,17,18)/t7-,8?/m1/s1. The third-order valence-corrected chi connectivity index (χ3v) is 4.05. The number of fused-ring (bicyclic) bond motifs is 1. The molecule has 3 rings (SSSR count). The number of hydrogen-bond donors (Lipinski definition) is 2. The average molecular weight is 274 g/mol. The van der Waals surface area contributed by atoms with Crippen molar-refractivity contribution in [2.45, 2.75) is 57.0 Å². The predicted molar refractivity (Wildman–Crippen MR) is 63.1 cm³/mol. The Hall–Kier alpha value is -1.08. The lowest BCUT2D eigenvalue weighted by Crippen LogP contribution is -2.40. The van der Waals surface area contributed by atoms with E-state index in [1.165, 1.54) is 0 Å². The lowest BCUT2D eigenvalue weighted by atomic mass is 9.91. The van der Waals surface area contributed by atoms with E-state index in [2.05, 4.69) is 14.9 Å². The van der Waals surface area contributed by atoms with Crippen LogP contribution in [0.2, 0.25) is 0 Å². The van der Waals surface area contributed by atoms with Gasteiger partial charge in [0, 0.05) is 25.2 Å². The highest BCUT2D eigenvalue weighted by molar-refractivity contribution is 5.20. The summed E-state index contributed by atoms with van der Waals surface area (Å²) in [7, 11) is 0. The first kappa shape index (κ1) is 12.9. The van der Waals surface area contributed by atoms with E-state index >= 15 is 0 Å². The molecule has 1 aromatic heterocycles. The maximum absolute atomic E-state index is 12.5. The summed E-state index contributed by atoms with van der Waals surface area (Å²) in [5, 5.41) is 0. The molecule has 3 N–H and O–H groups in total. The fraction of sp³-hybridized carbons (Fsp3) is 0.750. The molecule has 2 aliphatic rings. The van der Waals surface area contributed by atoms with E-state index in [-0.39, 0.29) is 6.04 Å². The largest absolute Gasteiger partial charge is 0.449 e. The van der Waals surface area contributed by atoms with Crippen LogP contribution in [0.4, 0.5) is 13.2 Å². The number of nitrogens with two attached hydrogens (primary N) is 1. The fourth-order valence-corrected chi connectivity index (χ4v) is 3.08. The molecule has 7 heteroatoms. The minimum atomic E-state index is -4.39. The number of imidazole rings is 1. The van der Waals surface area contributed by atoms with Gasteiger partial charge in [0.1, 0.15) is 0 Å². The lowest BCUT2D eigenvalue weighted by Gasteiger charge is -2.33. The molecule has 1 aliphatic carbocycles. The van der Waals surface area contributed by atoms with Crippen LogP contribution in [0.3, 0.4) is 0 Å². The van der Waals surface area contributed by atoms with Crippen molar-refractivity contribution < 1.29 is 13.2 Å². The van der Waals surface area contributed by atoms with Crippen molar-refractivity contribution in [2.24, 2.45) is 5.73 Å². The van der Waals surface area contributed by atoms with Crippen LogP contribution in [0.1, 0.15) is 42.9 Å². The maximum Gasteiger partial charge on any atom is 0.449 e. The number of nitrogens with zero attached hydrogens (tertiary/aromatic N) is 2. The SMILES string of the molecule is N[C@@H]1CCCC(N2Cc3nc(C(F)(F)F)[nH]c3C2)C1. The quantitative estimate of drug-likeness (QED) is 0.823. The first-order valence-corrected chi connectivity index (χ1v) is 6.58. The smallest absolute Gasteiger partial charge is 0.337 e. The van der Waals surface area contributed by atoms with Gasteiger partial charge in [-0.05, 0) is 19.3 Å². The first-order valence-electron chi connectivity index (χ1n) is 6.58. The van der Waals surface area contributed by atoms with Gasteiger partial charge < -0.3 is 10.7 Å². The second kappa shape index (κ2) is 4.49. The zero-order chi connectivity index (χ0) is 13.6. The molecule has 1 unspecified atom stereocenters. The summed E-state index contributed by atoms with van der Waals surface area (Å²) in [5.41, 5.74) is 7.09. The van der Waals surface area contributed by atoms with Crippen molar-refractivity contribution in [2.75, 3.05) is 0 Å². The molecule has 0 saturated heterocycles. The molecule has 0 amide bonds. The van der Waals surface area contributed by atoms with Crippen LogP contribution in [-0.2, 0) is 19.3 Å². The second-order valence-electron chi connectivity index (χ2n) is 5.49. The van der Waals surface area contributed by atoms with Crippen LogP contribution < -0.4 is 5.73 Å². The fourth-order valence-electron chi connectivity index (χ4n) is 3.08. The molecular weight excluding hydrogens is 257 g/mol. The maximum atomic E-state index is 12.5. The molecule has 0 radical (unpaired) electrons. The highest BCUT2D eigenvalue weighted by Crippen LogP contribution is 2.33. The molecule has 0 spiro atoms. The summed E-state index contributed by atoms with van der Waals surface area (Å²) in [5.74, 6) is -0.877. The second-order valence-corrected chi connectivity index (χ2v) is 5.49. The minimum Gasteiger partial charge on any atom is -0.337 e. The molecule has 2 atom stereocenters. The molecule has 1 saturated carbocycles. The Labute approximate surface area is 109 Å². The van der Waals surface area contributed by atoms with Gasteiger partial charge in [-0.1, -0.05) is 6.42 Å². The number of aromatic nitrogens is 2. The Balaban J connectivity index is 1.69. The molecule has 19 heavy (non-hydrogen) atoms. The van der Waals surface area contributed by atoms with Gasteiger partial charge in [-0.3, -0.25) is 4.90 Å². The Morgan fingerprint density at radius 2 is 2.05 bits per heavy atom. The number of alkyl halides is 3. The average Bonchev–Trinajstić information content (AvgIpc) is 2.85. The molecule has 1 fully saturated rings. The molecule has 2 heterocycles. The topological polar surface area (TPSA) is 57.9 Å². The van der Waals surface area contributed by atoms with E-state index in [0.29, 0.717) is 30.5 Å². The van der Waals surface area contributed by atoms with Gasteiger partial charge in [0.2, 0.25) is 5.82 Å². The molecule has 1 aliphatic heterocycles. The summed E-state index contributed by atoms with van der Waals surface area (Å²) >= 11 is 0. The van der Waals surface area contributed by atoms with Gasteiger partial charge in [-0.15, -0.1) is 0 Å². The summed E-state index contributed by atoms with van der Waals surface area (Å²) in [4.78, 5) is 8.27. The van der Waals surface area contributed by atoms with Crippen LogP contribution in [0.5, 0.6) is 0 Å². The molecule has 106 valence electrons. The zero-order valence-electron chi connectivity index (χ0n) is 10.5. The van der Waals surface area contributed by atoms with Crippen molar-refractivity contribution in [1.29, 1.82) is 0 Å². The first-order chi connectivity index (χ1) is 8.93. The van der Waals surface area contributed by atoms with Gasteiger partial charge in [0.05, 0.1) is 11.4 Å². The zero-order valence-corrected chi connectivity index (χ0v) is 10.5. The Morgan fingerprint density at radius 3 is 2.68 bits per heavy atom. The third-order valence-electron chi connectivity index (χ3n) is 4.05. The van der Waals surface area contributed by atoms with Crippen molar-refractivity contribution in [3.63, 3.8) is 0 Å². The van der Waals surface area contributed by atoms with Crippen LogP contribution in [0.15, 0.2) is 0 Å². The summed E-state index contributed by atoms with van der Waals surface area (Å²) in [6.45, 7) is 1.02. The Morgan fingerprint density at radius 1 is 1.26 bits per heavy atom. The van der Waals surface area contributed by atoms with E-state index in [1.54, 1.807) is 0 Å². The number of aromatic amines is 1. The van der Waals surface area contributed by atoms with Gasteiger partial charge in [0.25, 0.3) is 0 Å². The number of nitrogens with one attached hydrogen (secondary N) is 1. The number of hydrogen-bond acceptors (Lipinski definition) is 3. The van der Waals surface area contributed by atoms with E-state index in [1.807, 2.05) is 0 Å².